The van der Waals surface area contributed by atoms with Gasteiger partial charge in [-0.1, -0.05) is 6.92 Å². The molecule has 1 aromatic rings. The summed E-state index contributed by atoms with van der Waals surface area (Å²) in [6.45, 7) is 1.46. The fourth-order valence-corrected chi connectivity index (χ4v) is 1.47. The normalized spacial score (nSPS) is 11.5. The quantitative estimate of drug-likeness (QED) is 0.624. The summed E-state index contributed by atoms with van der Waals surface area (Å²) in [6, 6.07) is 0. The molecule has 0 fully saturated rings. The Morgan fingerprint density at radius 3 is 2.56 bits per heavy atom. The highest BCUT2D eigenvalue weighted by atomic mass is 79.9. The van der Waals surface area contributed by atoms with E-state index in [1.165, 1.54) is 6.33 Å². The maximum Gasteiger partial charge on any atom is 0.146 e. The number of rotatable bonds is 5. The minimum atomic E-state index is -0.802. The van der Waals surface area contributed by atoms with E-state index < -0.39 is 5.54 Å². The number of aliphatic hydroxyl groups is 2. The summed E-state index contributed by atoms with van der Waals surface area (Å²) in [5.41, 5.74) is 4.80. The molecule has 5 N–H and O–H groups in total. The number of aromatic nitrogens is 2. The minimum absolute atomic E-state index is 0.198. The summed E-state index contributed by atoms with van der Waals surface area (Å²) < 4.78 is 0.523. The number of nitrogen functional groups attached to an aromatic ring is 1. The van der Waals surface area contributed by atoms with Gasteiger partial charge >= 0.3 is 0 Å². The lowest BCUT2D eigenvalue weighted by atomic mass is 9.98. The Morgan fingerprint density at radius 2 is 2.06 bits per heavy atom. The average Bonchev–Trinajstić information content (AvgIpc) is 2.32. The van der Waals surface area contributed by atoms with Crippen LogP contribution in [0.3, 0.4) is 0 Å². The summed E-state index contributed by atoms with van der Waals surface area (Å²) in [4.78, 5) is 7.80. The summed E-state index contributed by atoms with van der Waals surface area (Å²) in [7, 11) is 0. The van der Waals surface area contributed by atoms with Crippen LogP contribution in [0.25, 0.3) is 0 Å². The van der Waals surface area contributed by atoms with Crippen molar-refractivity contribution in [2.24, 2.45) is 0 Å². The van der Waals surface area contributed by atoms with Crippen LogP contribution in [-0.4, -0.2) is 38.9 Å². The van der Waals surface area contributed by atoms with Crippen LogP contribution >= 0.6 is 15.9 Å². The molecule has 90 valence electrons. The first-order valence-electron chi connectivity index (χ1n) is 4.84. The maximum absolute atomic E-state index is 9.29. The molecule has 0 aliphatic rings. The van der Waals surface area contributed by atoms with Gasteiger partial charge in [0.1, 0.15) is 22.4 Å². The number of aliphatic hydroxyl groups excluding tert-OH is 2. The highest BCUT2D eigenvalue weighted by Crippen LogP contribution is 2.27. The van der Waals surface area contributed by atoms with Crippen LogP contribution in [0, 0.1) is 0 Å². The van der Waals surface area contributed by atoms with Crippen molar-refractivity contribution in [1.82, 2.24) is 9.97 Å². The third-order valence-electron chi connectivity index (χ3n) is 2.48. The van der Waals surface area contributed by atoms with E-state index in [-0.39, 0.29) is 13.2 Å². The first-order chi connectivity index (χ1) is 7.58. The van der Waals surface area contributed by atoms with Gasteiger partial charge < -0.3 is 21.3 Å². The molecule has 0 saturated carbocycles. The third-order valence-corrected chi connectivity index (χ3v) is 3.26. The van der Waals surface area contributed by atoms with Gasteiger partial charge in [-0.05, 0) is 22.4 Å². The van der Waals surface area contributed by atoms with Gasteiger partial charge in [0.2, 0.25) is 0 Å². The number of halogens is 1. The van der Waals surface area contributed by atoms with Gasteiger partial charge in [-0.3, -0.25) is 0 Å². The Labute approximate surface area is 102 Å². The number of nitrogens with two attached hydrogens (primary N) is 1. The summed E-state index contributed by atoms with van der Waals surface area (Å²) in [5, 5.41) is 21.5. The molecule has 1 aromatic heterocycles. The van der Waals surface area contributed by atoms with Gasteiger partial charge in [-0.2, -0.15) is 0 Å². The van der Waals surface area contributed by atoms with Gasteiger partial charge in [0.05, 0.1) is 18.8 Å². The average molecular weight is 291 g/mol. The van der Waals surface area contributed by atoms with Gasteiger partial charge in [-0.25, -0.2) is 9.97 Å². The molecular weight excluding hydrogens is 276 g/mol. The van der Waals surface area contributed by atoms with E-state index in [2.05, 4.69) is 31.2 Å². The summed E-state index contributed by atoms with van der Waals surface area (Å²) in [6.07, 6.45) is 1.87. The van der Waals surface area contributed by atoms with Crippen molar-refractivity contribution in [3.05, 3.63) is 10.8 Å². The molecule has 0 radical (unpaired) electrons. The van der Waals surface area contributed by atoms with Crippen LogP contribution in [0.4, 0.5) is 11.6 Å². The Balaban J connectivity index is 2.98. The number of hydrogen-bond donors (Lipinski definition) is 4. The Bertz CT molecular complexity index is 349. The predicted octanol–water partition coefficient (Wildman–Crippen LogP) is 0.367. The number of hydrogen-bond acceptors (Lipinski definition) is 6. The molecule has 0 amide bonds. The lowest BCUT2D eigenvalue weighted by Crippen LogP contribution is -2.45. The smallest absolute Gasteiger partial charge is 0.146 e. The van der Waals surface area contributed by atoms with E-state index in [1.807, 2.05) is 6.92 Å². The molecule has 6 nitrogen and oxygen atoms in total. The van der Waals surface area contributed by atoms with E-state index in [0.29, 0.717) is 22.5 Å². The molecule has 7 heteroatoms. The Kier molecular flexibility index (Phi) is 4.45. The zero-order chi connectivity index (χ0) is 12.2. The van der Waals surface area contributed by atoms with E-state index in [9.17, 15) is 10.2 Å². The van der Waals surface area contributed by atoms with E-state index in [0.717, 1.165) is 0 Å². The zero-order valence-electron chi connectivity index (χ0n) is 8.94. The van der Waals surface area contributed by atoms with E-state index in [4.69, 9.17) is 5.73 Å². The summed E-state index contributed by atoms with van der Waals surface area (Å²) in [5.74, 6) is 0.760. The Morgan fingerprint density at radius 1 is 1.44 bits per heavy atom. The lowest BCUT2D eigenvalue weighted by molar-refractivity contribution is 0.132. The lowest BCUT2D eigenvalue weighted by Gasteiger charge is -2.30. The molecule has 0 aliphatic heterocycles. The molecule has 1 rings (SSSR count). The van der Waals surface area contributed by atoms with Crippen LogP contribution in [-0.2, 0) is 0 Å². The van der Waals surface area contributed by atoms with Crippen molar-refractivity contribution in [2.45, 2.75) is 18.9 Å². The monoisotopic (exact) mass is 290 g/mol. The van der Waals surface area contributed by atoms with Gasteiger partial charge in [0, 0.05) is 0 Å². The maximum atomic E-state index is 9.29. The largest absolute Gasteiger partial charge is 0.394 e. The third kappa shape index (κ3) is 2.60. The first kappa shape index (κ1) is 13.1. The van der Waals surface area contributed by atoms with Crippen molar-refractivity contribution in [3.8, 4) is 0 Å². The molecule has 0 aliphatic carbocycles. The van der Waals surface area contributed by atoms with Gasteiger partial charge in [0.15, 0.2) is 0 Å². The van der Waals surface area contributed by atoms with Crippen molar-refractivity contribution in [2.75, 3.05) is 24.3 Å². The van der Waals surface area contributed by atoms with Crippen LogP contribution in [0.5, 0.6) is 0 Å². The number of anilines is 2. The molecule has 0 aromatic carbocycles. The van der Waals surface area contributed by atoms with Crippen LogP contribution in [0.1, 0.15) is 13.3 Å². The molecule has 1 heterocycles. The number of nitrogens with zero attached hydrogens (tertiary/aromatic N) is 2. The van der Waals surface area contributed by atoms with Crippen molar-refractivity contribution in [1.29, 1.82) is 0 Å². The van der Waals surface area contributed by atoms with Crippen LogP contribution in [0.2, 0.25) is 0 Å². The molecular formula is C9H15BrN4O2. The molecule has 0 unspecified atom stereocenters. The zero-order valence-corrected chi connectivity index (χ0v) is 10.5. The minimum Gasteiger partial charge on any atom is -0.394 e. The van der Waals surface area contributed by atoms with Crippen molar-refractivity contribution >= 4 is 27.6 Å². The standard InChI is InChI=1S/C9H15BrN4O2/c1-2-9(3-15,4-16)14-8-6(10)7(11)12-5-13-8/h5,15-16H,2-4H2,1H3,(H3,11,12,13,14). The topological polar surface area (TPSA) is 104 Å². The highest BCUT2D eigenvalue weighted by molar-refractivity contribution is 9.10. The van der Waals surface area contributed by atoms with Gasteiger partial charge in [0.25, 0.3) is 0 Å². The SMILES string of the molecule is CCC(CO)(CO)Nc1ncnc(N)c1Br. The molecule has 0 atom stereocenters. The van der Waals surface area contributed by atoms with Crippen molar-refractivity contribution < 1.29 is 10.2 Å². The molecule has 0 spiro atoms. The van der Waals surface area contributed by atoms with Crippen molar-refractivity contribution in [3.63, 3.8) is 0 Å². The molecule has 0 bridgehead atoms. The van der Waals surface area contributed by atoms with Crippen LogP contribution in [0.15, 0.2) is 10.8 Å². The number of nitrogens with one attached hydrogen (secondary N) is 1. The van der Waals surface area contributed by atoms with E-state index >= 15 is 0 Å². The van der Waals surface area contributed by atoms with Crippen LogP contribution < -0.4 is 11.1 Å². The Hall–Kier alpha value is -0.920. The second-order valence-electron chi connectivity index (χ2n) is 3.50. The fourth-order valence-electron chi connectivity index (χ4n) is 1.16. The summed E-state index contributed by atoms with van der Waals surface area (Å²) >= 11 is 3.24. The first-order valence-corrected chi connectivity index (χ1v) is 5.63. The molecule has 16 heavy (non-hydrogen) atoms. The predicted molar refractivity (Wildman–Crippen MR) is 65.0 cm³/mol. The second kappa shape index (κ2) is 5.42. The van der Waals surface area contributed by atoms with E-state index in [1.54, 1.807) is 0 Å². The van der Waals surface area contributed by atoms with Gasteiger partial charge in [-0.15, -0.1) is 0 Å². The fraction of sp³-hybridized carbons (Fsp3) is 0.556. The highest BCUT2D eigenvalue weighted by Gasteiger charge is 2.27. The second-order valence-corrected chi connectivity index (χ2v) is 4.29. The molecule has 0 saturated heterocycles.